The number of nitrogens with zero attached hydrogens (tertiary/aromatic N) is 1. The van der Waals surface area contributed by atoms with Crippen molar-refractivity contribution < 1.29 is 23.9 Å². The lowest BCUT2D eigenvalue weighted by molar-refractivity contribution is -0.130. The molecule has 28 heavy (non-hydrogen) atoms. The maximum absolute atomic E-state index is 12.6. The van der Waals surface area contributed by atoms with Gasteiger partial charge in [0, 0.05) is 0 Å². The highest BCUT2D eigenvalue weighted by molar-refractivity contribution is 6.09. The summed E-state index contributed by atoms with van der Waals surface area (Å²) in [4.78, 5) is 49.9. The average molecular weight is 381 g/mol. The molecule has 0 bridgehead atoms. The first-order valence-corrected chi connectivity index (χ1v) is 8.74. The molecular weight excluding hydrogens is 362 g/mol. The summed E-state index contributed by atoms with van der Waals surface area (Å²) in [6.45, 7) is 1.41. The molecule has 1 unspecified atom stereocenters. The highest BCUT2D eigenvalue weighted by atomic mass is 16.5. The molecule has 0 radical (unpaired) electrons. The summed E-state index contributed by atoms with van der Waals surface area (Å²) in [6.07, 6.45) is 0. The number of nitrogens with one attached hydrogen (secondary N) is 2. The zero-order chi connectivity index (χ0) is 20.1. The second-order valence-electron chi connectivity index (χ2n) is 6.03. The molecule has 0 saturated carbocycles. The molecule has 0 aliphatic carbocycles. The van der Waals surface area contributed by atoms with Gasteiger partial charge in [-0.3, -0.25) is 14.5 Å². The molecule has 8 heteroatoms. The zero-order valence-corrected chi connectivity index (χ0v) is 15.2. The molecule has 1 aliphatic rings. The molecule has 1 aliphatic heterocycles. The molecule has 3 rings (SSSR count). The van der Waals surface area contributed by atoms with Gasteiger partial charge >= 0.3 is 12.0 Å². The number of benzene rings is 2. The normalized spacial score (nSPS) is 15.9. The van der Waals surface area contributed by atoms with E-state index in [4.69, 9.17) is 4.74 Å². The highest BCUT2D eigenvalue weighted by Gasteiger charge is 2.39. The second kappa shape index (κ2) is 8.34. The number of esters is 1. The SMILES string of the molecule is CCOC(=O)c1ccccc1NC(=O)CN1C(=O)NC(c2ccccc2)C1=O. The van der Waals surface area contributed by atoms with E-state index in [9.17, 15) is 19.2 Å². The van der Waals surface area contributed by atoms with Crippen molar-refractivity contribution in [2.24, 2.45) is 0 Å². The highest BCUT2D eigenvalue weighted by Crippen LogP contribution is 2.22. The summed E-state index contributed by atoms with van der Waals surface area (Å²) in [5.74, 6) is -1.68. The molecular formula is C20H19N3O5. The van der Waals surface area contributed by atoms with Gasteiger partial charge in [0.05, 0.1) is 17.9 Å². The molecule has 8 nitrogen and oxygen atoms in total. The van der Waals surface area contributed by atoms with Crippen LogP contribution >= 0.6 is 0 Å². The van der Waals surface area contributed by atoms with Crippen molar-refractivity contribution in [2.45, 2.75) is 13.0 Å². The first kappa shape index (κ1) is 19.1. The predicted octanol–water partition coefficient (Wildman–Crippen LogP) is 2.09. The van der Waals surface area contributed by atoms with Gasteiger partial charge in [0.2, 0.25) is 5.91 Å². The Morgan fingerprint density at radius 3 is 2.46 bits per heavy atom. The molecule has 0 spiro atoms. The van der Waals surface area contributed by atoms with E-state index in [1.807, 2.05) is 0 Å². The largest absolute Gasteiger partial charge is 0.462 e. The predicted molar refractivity (Wildman–Crippen MR) is 100 cm³/mol. The molecule has 2 aromatic carbocycles. The Morgan fingerprint density at radius 1 is 1.07 bits per heavy atom. The van der Waals surface area contributed by atoms with Crippen LogP contribution in [0.3, 0.4) is 0 Å². The third-order valence-electron chi connectivity index (χ3n) is 4.16. The van der Waals surface area contributed by atoms with Crippen molar-refractivity contribution in [1.82, 2.24) is 10.2 Å². The summed E-state index contributed by atoms with van der Waals surface area (Å²) in [7, 11) is 0. The van der Waals surface area contributed by atoms with Crippen LogP contribution in [0.5, 0.6) is 0 Å². The van der Waals surface area contributed by atoms with Crippen molar-refractivity contribution in [3.8, 4) is 0 Å². The van der Waals surface area contributed by atoms with Crippen LogP contribution in [-0.4, -0.2) is 41.9 Å². The van der Waals surface area contributed by atoms with E-state index in [1.165, 1.54) is 6.07 Å². The van der Waals surface area contributed by atoms with Crippen LogP contribution in [0, 0.1) is 0 Å². The lowest BCUT2D eigenvalue weighted by Crippen LogP contribution is -2.38. The van der Waals surface area contributed by atoms with E-state index < -0.39 is 36.4 Å². The first-order valence-electron chi connectivity index (χ1n) is 8.74. The summed E-state index contributed by atoms with van der Waals surface area (Å²) >= 11 is 0. The van der Waals surface area contributed by atoms with Crippen molar-refractivity contribution in [3.05, 3.63) is 65.7 Å². The number of carbonyl (C=O) groups is 4. The number of anilines is 1. The van der Waals surface area contributed by atoms with Gasteiger partial charge in [0.1, 0.15) is 12.6 Å². The van der Waals surface area contributed by atoms with Gasteiger partial charge in [0.15, 0.2) is 0 Å². The van der Waals surface area contributed by atoms with Crippen molar-refractivity contribution in [1.29, 1.82) is 0 Å². The molecule has 4 amide bonds. The molecule has 1 fully saturated rings. The van der Waals surface area contributed by atoms with E-state index >= 15 is 0 Å². The molecule has 1 heterocycles. The summed E-state index contributed by atoms with van der Waals surface area (Å²) in [5.41, 5.74) is 1.08. The van der Waals surface area contributed by atoms with Gasteiger partial charge in [-0.05, 0) is 24.6 Å². The molecule has 1 saturated heterocycles. The van der Waals surface area contributed by atoms with E-state index in [-0.39, 0.29) is 17.9 Å². The third kappa shape index (κ3) is 4.01. The monoisotopic (exact) mass is 381 g/mol. The van der Waals surface area contributed by atoms with E-state index in [0.29, 0.717) is 5.56 Å². The number of hydrogen-bond acceptors (Lipinski definition) is 5. The fourth-order valence-corrected chi connectivity index (χ4v) is 2.85. The molecule has 1 atom stereocenters. The van der Waals surface area contributed by atoms with Crippen LogP contribution in [0.15, 0.2) is 54.6 Å². The van der Waals surface area contributed by atoms with Crippen LogP contribution in [0.2, 0.25) is 0 Å². The average Bonchev–Trinajstić information content (AvgIpc) is 2.97. The molecule has 144 valence electrons. The number of hydrogen-bond donors (Lipinski definition) is 2. The quantitative estimate of drug-likeness (QED) is 0.589. The lowest BCUT2D eigenvalue weighted by atomic mass is 10.1. The van der Waals surface area contributed by atoms with Gasteiger partial charge in [-0.1, -0.05) is 42.5 Å². The topological polar surface area (TPSA) is 105 Å². The summed E-state index contributed by atoms with van der Waals surface area (Å²) in [5, 5.41) is 5.13. The Hall–Kier alpha value is -3.68. The fourth-order valence-electron chi connectivity index (χ4n) is 2.85. The zero-order valence-electron chi connectivity index (χ0n) is 15.2. The van der Waals surface area contributed by atoms with Gasteiger partial charge in [-0.15, -0.1) is 0 Å². The van der Waals surface area contributed by atoms with Crippen LogP contribution in [0.25, 0.3) is 0 Å². The van der Waals surface area contributed by atoms with Crippen LogP contribution in [0.4, 0.5) is 10.5 Å². The number of ether oxygens (including phenoxy) is 1. The van der Waals surface area contributed by atoms with Gasteiger partial charge in [0.25, 0.3) is 5.91 Å². The van der Waals surface area contributed by atoms with Crippen molar-refractivity contribution >= 4 is 29.5 Å². The number of para-hydroxylation sites is 1. The Labute approximate surface area is 161 Å². The minimum absolute atomic E-state index is 0.192. The summed E-state index contributed by atoms with van der Waals surface area (Å²) in [6, 6.07) is 13.7. The van der Waals surface area contributed by atoms with Crippen molar-refractivity contribution in [3.63, 3.8) is 0 Å². The number of rotatable bonds is 6. The Bertz CT molecular complexity index is 913. The maximum Gasteiger partial charge on any atom is 0.340 e. The summed E-state index contributed by atoms with van der Waals surface area (Å²) < 4.78 is 4.96. The molecule has 2 aromatic rings. The lowest BCUT2D eigenvalue weighted by Gasteiger charge is -2.14. The third-order valence-corrected chi connectivity index (χ3v) is 4.16. The Balaban J connectivity index is 1.70. The van der Waals surface area contributed by atoms with E-state index in [2.05, 4.69) is 10.6 Å². The van der Waals surface area contributed by atoms with Gasteiger partial charge < -0.3 is 15.4 Å². The smallest absolute Gasteiger partial charge is 0.340 e. The number of imide groups is 1. The Morgan fingerprint density at radius 2 is 1.75 bits per heavy atom. The van der Waals surface area contributed by atoms with Crippen LogP contribution < -0.4 is 10.6 Å². The van der Waals surface area contributed by atoms with E-state index in [1.54, 1.807) is 55.5 Å². The second-order valence-corrected chi connectivity index (χ2v) is 6.03. The van der Waals surface area contributed by atoms with E-state index in [0.717, 1.165) is 4.90 Å². The molecule has 0 aromatic heterocycles. The Kier molecular flexibility index (Phi) is 5.69. The standard InChI is InChI=1S/C20H19N3O5/c1-2-28-19(26)14-10-6-7-11-15(14)21-16(24)12-23-18(25)17(22-20(23)27)13-8-4-3-5-9-13/h3-11,17H,2,12H2,1H3,(H,21,24)(H,22,27). The van der Waals surface area contributed by atoms with Gasteiger partial charge in [-0.2, -0.15) is 0 Å². The minimum atomic E-state index is -0.826. The van der Waals surface area contributed by atoms with Crippen molar-refractivity contribution in [2.75, 3.05) is 18.5 Å². The number of amides is 4. The first-order chi connectivity index (χ1) is 13.5. The number of carbonyl (C=O) groups excluding carboxylic acids is 4. The maximum atomic E-state index is 12.6. The fraction of sp³-hybridized carbons (Fsp3) is 0.200. The van der Waals surface area contributed by atoms with Gasteiger partial charge in [-0.25, -0.2) is 9.59 Å². The number of urea groups is 1. The van der Waals surface area contributed by atoms with Crippen LogP contribution in [-0.2, 0) is 14.3 Å². The minimum Gasteiger partial charge on any atom is -0.462 e. The molecule has 2 N–H and O–H groups in total. The van der Waals surface area contributed by atoms with Crippen LogP contribution in [0.1, 0.15) is 28.9 Å².